The fourth-order valence-electron chi connectivity index (χ4n) is 3.73. The molecular formula is C21H16ClN5O2. The van der Waals surface area contributed by atoms with Crippen LogP contribution in [0.1, 0.15) is 23.5 Å². The van der Waals surface area contributed by atoms with Crippen LogP contribution in [0, 0.1) is 0 Å². The van der Waals surface area contributed by atoms with Crippen molar-refractivity contribution < 1.29 is 9.53 Å². The third-order valence-corrected chi connectivity index (χ3v) is 5.38. The van der Waals surface area contributed by atoms with Gasteiger partial charge in [0.1, 0.15) is 16.8 Å². The Morgan fingerprint density at radius 2 is 1.97 bits per heavy atom. The molecule has 7 nitrogen and oxygen atoms in total. The Balaban J connectivity index is 1.68. The Bertz CT molecular complexity index is 1240. The number of nitrogens with zero attached hydrogens (tertiary/aromatic N) is 4. The second-order valence-electron chi connectivity index (χ2n) is 6.79. The number of hydrogen-bond acceptors (Lipinski definition) is 5. The van der Waals surface area contributed by atoms with Crippen LogP contribution in [-0.2, 0) is 4.79 Å². The van der Waals surface area contributed by atoms with Gasteiger partial charge in [0.25, 0.3) is 0 Å². The smallest absolute Gasteiger partial charge is 0.225 e. The highest BCUT2D eigenvalue weighted by Crippen LogP contribution is 2.40. The van der Waals surface area contributed by atoms with Gasteiger partial charge in [0.2, 0.25) is 5.91 Å². The van der Waals surface area contributed by atoms with Gasteiger partial charge in [-0.05, 0) is 48.0 Å². The van der Waals surface area contributed by atoms with E-state index in [1.54, 1.807) is 36.4 Å². The fourth-order valence-corrected chi connectivity index (χ4v) is 3.98. The standard InChI is InChI=1S/C21H16ClN5O2/c1-29-18-5-2-13(10-15(18)22)27-25-17-4-3-16-20(21(17)26-27)14(11-19(28)24-16)12-6-8-23-9-7-12/h2-10,14H,11H2,1H3,(H,24,28)/t14-/m1/s1. The number of methoxy groups -OCH3 is 1. The first-order chi connectivity index (χ1) is 14.1. The highest BCUT2D eigenvalue weighted by Gasteiger charge is 2.30. The van der Waals surface area contributed by atoms with E-state index in [0.29, 0.717) is 17.2 Å². The maximum atomic E-state index is 12.3. The average Bonchev–Trinajstić information content (AvgIpc) is 3.18. The van der Waals surface area contributed by atoms with E-state index in [-0.39, 0.29) is 11.8 Å². The van der Waals surface area contributed by atoms with Gasteiger partial charge in [-0.25, -0.2) is 0 Å². The van der Waals surface area contributed by atoms with Gasteiger partial charge in [0, 0.05) is 36.0 Å². The molecule has 1 atom stereocenters. The van der Waals surface area contributed by atoms with Crippen LogP contribution in [0.25, 0.3) is 16.7 Å². The van der Waals surface area contributed by atoms with Crippen LogP contribution in [-0.4, -0.2) is 33.0 Å². The molecule has 0 aliphatic carbocycles. The highest BCUT2D eigenvalue weighted by molar-refractivity contribution is 6.32. The van der Waals surface area contributed by atoms with E-state index in [2.05, 4.69) is 15.4 Å². The molecule has 2 aromatic heterocycles. The fraction of sp³-hybridized carbons (Fsp3) is 0.143. The zero-order chi connectivity index (χ0) is 20.0. The van der Waals surface area contributed by atoms with Gasteiger partial charge >= 0.3 is 0 Å². The number of benzene rings is 2. The molecule has 0 unspecified atom stereocenters. The van der Waals surface area contributed by atoms with Gasteiger partial charge in [0.15, 0.2) is 0 Å². The summed E-state index contributed by atoms with van der Waals surface area (Å²) in [5.41, 5.74) is 4.95. The first-order valence-electron chi connectivity index (χ1n) is 9.07. The van der Waals surface area contributed by atoms with E-state index in [1.807, 2.05) is 30.3 Å². The van der Waals surface area contributed by atoms with Crippen LogP contribution < -0.4 is 10.1 Å². The number of carbonyl (C=O) groups is 1. The molecule has 4 aromatic rings. The molecule has 29 heavy (non-hydrogen) atoms. The number of pyridine rings is 1. The maximum Gasteiger partial charge on any atom is 0.225 e. The molecular weight excluding hydrogens is 390 g/mol. The number of nitrogens with one attached hydrogen (secondary N) is 1. The molecule has 0 saturated heterocycles. The van der Waals surface area contributed by atoms with Crippen molar-refractivity contribution in [3.63, 3.8) is 0 Å². The summed E-state index contributed by atoms with van der Waals surface area (Å²) in [4.78, 5) is 17.9. The topological polar surface area (TPSA) is 81.9 Å². The van der Waals surface area contributed by atoms with Gasteiger partial charge < -0.3 is 10.1 Å². The molecule has 0 spiro atoms. The Kier molecular flexibility index (Phi) is 4.17. The van der Waals surface area contributed by atoms with Crippen molar-refractivity contribution in [3.8, 4) is 11.4 Å². The van der Waals surface area contributed by atoms with E-state index in [4.69, 9.17) is 21.4 Å². The van der Waals surface area contributed by atoms with E-state index in [9.17, 15) is 4.79 Å². The Morgan fingerprint density at radius 3 is 2.72 bits per heavy atom. The molecule has 1 aliphatic rings. The molecule has 1 N–H and O–H groups in total. The van der Waals surface area contributed by atoms with Crippen molar-refractivity contribution in [1.82, 2.24) is 20.0 Å². The number of fused-ring (bicyclic) bond motifs is 3. The van der Waals surface area contributed by atoms with Crippen LogP contribution in [0.5, 0.6) is 5.75 Å². The van der Waals surface area contributed by atoms with Gasteiger partial charge in [0.05, 0.1) is 17.8 Å². The molecule has 144 valence electrons. The summed E-state index contributed by atoms with van der Waals surface area (Å²) in [7, 11) is 1.57. The molecule has 0 fully saturated rings. The van der Waals surface area contributed by atoms with Crippen LogP contribution in [0.15, 0.2) is 54.9 Å². The number of rotatable bonds is 3. The summed E-state index contributed by atoms with van der Waals surface area (Å²) in [5.74, 6) is 0.452. The van der Waals surface area contributed by atoms with E-state index in [0.717, 1.165) is 33.5 Å². The molecule has 0 radical (unpaired) electrons. The summed E-state index contributed by atoms with van der Waals surface area (Å²) in [6, 6.07) is 13.0. The number of anilines is 1. The van der Waals surface area contributed by atoms with Crippen molar-refractivity contribution in [1.29, 1.82) is 0 Å². The zero-order valence-corrected chi connectivity index (χ0v) is 16.2. The SMILES string of the molecule is COc1ccc(-n2nc3ccc4c(c3n2)[C@@H](c2ccncc2)CC(=O)N4)cc1Cl. The van der Waals surface area contributed by atoms with Crippen molar-refractivity contribution in [2.24, 2.45) is 0 Å². The molecule has 8 heteroatoms. The van der Waals surface area contributed by atoms with Crippen molar-refractivity contribution in [2.75, 3.05) is 12.4 Å². The molecule has 2 aromatic carbocycles. The Labute approximate surface area is 171 Å². The van der Waals surface area contributed by atoms with E-state index >= 15 is 0 Å². The largest absolute Gasteiger partial charge is 0.495 e. The number of aromatic nitrogens is 4. The Hall–Kier alpha value is -3.45. The lowest BCUT2D eigenvalue weighted by Gasteiger charge is -2.25. The Morgan fingerprint density at radius 1 is 1.14 bits per heavy atom. The molecule has 1 amide bonds. The quantitative estimate of drug-likeness (QED) is 0.558. The maximum absolute atomic E-state index is 12.3. The second-order valence-corrected chi connectivity index (χ2v) is 7.20. The summed E-state index contributed by atoms with van der Waals surface area (Å²) in [6.07, 6.45) is 3.81. The minimum Gasteiger partial charge on any atom is -0.495 e. The van der Waals surface area contributed by atoms with Crippen LogP contribution in [0.3, 0.4) is 0 Å². The molecule has 3 heterocycles. The number of halogens is 1. The second kappa shape index (κ2) is 6.86. The van der Waals surface area contributed by atoms with E-state index < -0.39 is 0 Å². The number of amides is 1. The average molecular weight is 406 g/mol. The lowest BCUT2D eigenvalue weighted by atomic mass is 9.84. The lowest BCUT2D eigenvalue weighted by molar-refractivity contribution is -0.116. The summed E-state index contributed by atoms with van der Waals surface area (Å²) >= 11 is 6.27. The van der Waals surface area contributed by atoms with Crippen molar-refractivity contribution in [3.05, 3.63) is 71.0 Å². The van der Waals surface area contributed by atoms with Crippen LogP contribution >= 0.6 is 11.6 Å². The first-order valence-corrected chi connectivity index (χ1v) is 9.45. The van der Waals surface area contributed by atoms with Crippen molar-refractivity contribution in [2.45, 2.75) is 12.3 Å². The monoisotopic (exact) mass is 405 g/mol. The summed E-state index contributed by atoms with van der Waals surface area (Å²) in [5, 5.41) is 12.8. The van der Waals surface area contributed by atoms with Gasteiger partial charge in [-0.15, -0.1) is 10.2 Å². The molecule has 0 bridgehead atoms. The first kappa shape index (κ1) is 17.6. The highest BCUT2D eigenvalue weighted by atomic mass is 35.5. The normalized spacial score (nSPS) is 15.8. The summed E-state index contributed by atoms with van der Waals surface area (Å²) < 4.78 is 5.21. The molecule has 1 aliphatic heterocycles. The van der Waals surface area contributed by atoms with Crippen LogP contribution in [0.2, 0.25) is 5.02 Å². The minimum absolute atomic E-state index is 0.0204. The van der Waals surface area contributed by atoms with Crippen molar-refractivity contribution >= 4 is 34.2 Å². The third-order valence-electron chi connectivity index (χ3n) is 5.08. The van der Waals surface area contributed by atoms with Gasteiger partial charge in [-0.2, -0.15) is 4.80 Å². The molecule has 5 rings (SSSR count). The predicted octanol–water partition coefficient (Wildman–Crippen LogP) is 3.95. The summed E-state index contributed by atoms with van der Waals surface area (Å²) in [6.45, 7) is 0. The molecule has 0 saturated carbocycles. The number of ether oxygens (including phenoxy) is 1. The van der Waals surface area contributed by atoms with Gasteiger partial charge in [-0.3, -0.25) is 9.78 Å². The van der Waals surface area contributed by atoms with Gasteiger partial charge in [-0.1, -0.05) is 11.6 Å². The van der Waals surface area contributed by atoms with E-state index in [1.165, 1.54) is 0 Å². The minimum atomic E-state index is -0.116. The number of carbonyl (C=O) groups excluding carboxylic acids is 1. The predicted molar refractivity (Wildman–Crippen MR) is 110 cm³/mol. The lowest BCUT2D eigenvalue weighted by Crippen LogP contribution is -2.23. The number of hydrogen-bond donors (Lipinski definition) is 1. The zero-order valence-electron chi connectivity index (χ0n) is 15.5. The third kappa shape index (κ3) is 3.00. The van der Waals surface area contributed by atoms with Crippen LogP contribution in [0.4, 0.5) is 5.69 Å².